The average Bonchev–Trinajstić information content (AvgIpc) is 2.59. The van der Waals surface area contributed by atoms with Crippen molar-refractivity contribution in [2.75, 3.05) is 47.0 Å². The molecule has 1 aromatic rings. The van der Waals surface area contributed by atoms with Gasteiger partial charge >= 0.3 is 0 Å². The maximum absolute atomic E-state index is 12.5. The van der Waals surface area contributed by atoms with E-state index in [1.54, 1.807) is 32.4 Å². The smallest absolute Gasteiger partial charge is 0.240 e. The lowest BCUT2D eigenvalue weighted by molar-refractivity contribution is 0.121. The van der Waals surface area contributed by atoms with Crippen LogP contribution in [-0.2, 0) is 14.8 Å². The van der Waals surface area contributed by atoms with Crippen molar-refractivity contribution in [1.82, 2.24) is 9.62 Å². The summed E-state index contributed by atoms with van der Waals surface area (Å²) in [5.41, 5.74) is 0.812. The summed E-state index contributed by atoms with van der Waals surface area (Å²) in [5.74, 6) is 1.08. The van der Waals surface area contributed by atoms with E-state index in [2.05, 4.69) is 9.62 Å². The number of nitrogens with one attached hydrogen (secondary N) is 1. The van der Waals surface area contributed by atoms with Gasteiger partial charge in [0.1, 0.15) is 5.75 Å². The Hall–Kier alpha value is -1.15. The second kappa shape index (κ2) is 8.80. The number of rotatable bonds is 8. The van der Waals surface area contributed by atoms with E-state index < -0.39 is 10.0 Å². The molecule has 6 nitrogen and oxygen atoms in total. The van der Waals surface area contributed by atoms with Crippen LogP contribution in [0, 0.1) is 12.8 Å². The van der Waals surface area contributed by atoms with Crippen LogP contribution in [0.1, 0.15) is 18.4 Å². The van der Waals surface area contributed by atoms with Crippen molar-refractivity contribution in [3.8, 4) is 5.75 Å². The number of nitrogens with zero attached hydrogens (tertiary/aromatic N) is 1. The first-order valence-corrected chi connectivity index (χ1v) is 9.80. The highest BCUT2D eigenvalue weighted by Gasteiger charge is 2.22. The van der Waals surface area contributed by atoms with Crippen molar-refractivity contribution in [3.63, 3.8) is 0 Å². The normalized spacial score (nSPS) is 17.1. The number of hydrogen-bond acceptors (Lipinski definition) is 5. The summed E-state index contributed by atoms with van der Waals surface area (Å²) in [6.45, 7) is 6.02. The van der Waals surface area contributed by atoms with Gasteiger partial charge in [-0.25, -0.2) is 13.1 Å². The Morgan fingerprint density at radius 1 is 1.25 bits per heavy atom. The Morgan fingerprint density at radius 2 is 1.96 bits per heavy atom. The van der Waals surface area contributed by atoms with Gasteiger partial charge < -0.3 is 14.4 Å². The lowest BCUT2D eigenvalue weighted by atomic mass is 9.97. The van der Waals surface area contributed by atoms with Gasteiger partial charge in [0.05, 0.1) is 18.6 Å². The van der Waals surface area contributed by atoms with Crippen molar-refractivity contribution in [1.29, 1.82) is 0 Å². The monoisotopic (exact) mass is 356 g/mol. The summed E-state index contributed by atoms with van der Waals surface area (Å²) >= 11 is 0. The second-order valence-corrected chi connectivity index (χ2v) is 8.03. The summed E-state index contributed by atoms with van der Waals surface area (Å²) in [4.78, 5) is 2.65. The Labute approximate surface area is 145 Å². The van der Waals surface area contributed by atoms with E-state index in [1.165, 1.54) is 0 Å². The summed E-state index contributed by atoms with van der Waals surface area (Å²) < 4.78 is 37.9. The molecule has 1 fully saturated rings. The van der Waals surface area contributed by atoms with E-state index >= 15 is 0 Å². The number of likely N-dealkylation sites (tertiary alicyclic amines) is 1. The minimum absolute atomic E-state index is 0.290. The van der Waals surface area contributed by atoms with Gasteiger partial charge in [-0.3, -0.25) is 0 Å². The van der Waals surface area contributed by atoms with Crippen LogP contribution in [0.25, 0.3) is 0 Å². The molecule has 0 aliphatic carbocycles. The number of piperidine rings is 1. The molecule has 0 bridgehead atoms. The molecule has 0 atom stereocenters. The fourth-order valence-corrected chi connectivity index (χ4v) is 4.16. The number of hydrogen-bond donors (Lipinski definition) is 1. The van der Waals surface area contributed by atoms with Crippen LogP contribution in [0.2, 0.25) is 0 Å². The zero-order valence-corrected chi connectivity index (χ0v) is 15.6. The number of benzene rings is 1. The molecule has 2 rings (SSSR count). The maximum atomic E-state index is 12.5. The van der Waals surface area contributed by atoms with E-state index in [0.29, 0.717) is 23.1 Å². The van der Waals surface area contributed by atoms with E-state index in [4.69, 9.17) is 9.47 Å². The van der Waals surface area contributed by atoms with E-state index in [0.717, 1.165) is 44.6 Å². The first-order valence-electron chi connectivity index (χ1n) is 8.32. The minimum atomic E-state index is -3.47. The molecule has 24 heavy (non-hydrogen) atoms. The predicted molar refractivity (Wildman–Crippen MR) is 94.0 cm³/mol. The third-order valence-electron chi connectivity index (χ3n) is 4.56. The van der Waals surface area contributed by atoms with Crippen molar-refractivity contribution in [3.05, 3.63) is 23.8 Å². The van der Waals surface area contributed by atoms with Crippen molar-refractivity contribution < 1.29 is 17.9 Å². The number of methoxy groups -OCH3 is 2. The van der Waals surface area contributed by atoms with Crippen LogP contribution in [0.4, 0.5) is 0 Å². The second-order valence-electron chi connectivity index (χ2n) is 6.26. The van der Waals surface area contributed by atoms with Gasteiger partial charge in [0, 0.05) is 20.2 Å². The van der Waals surface area contributed by atoms with Crippen molar-refractivity contribution in [2.45, 2.75) is 24.7 Å². The average molecular weight is 356 g/mol. The van der Waals surface area contributed by atoms with Gasteiger partial charge in [-0.15, -0.1) is 0 Å². The van der Waals surface area contributed by atoms with Crippen LogP contribution >= 0.6 is 0 Å². The molecule has 0 aromatic heterocycles. The molecule has 0 amide bonds. The summed E-state index contributed by atoms with van der Waals surface area (Å²) in [5, 5.41) is 0. The van der Waals surface area contributed by atoms with Crippen LogP contribution in [0.5, 0.6) is 5.75 Å². The SMILES string of the molecule is COCCN1CCC(CNS(=O)(=O)c2ccc(OC)c(C)c2)CC1. The van der Waals surface area contributed by atoms with Gasteiger partial charge in [0.2, 0.25) is 10.0 Å². The largest absolute Gasteiger partial charge is 0.496 e. The summed E-state index contributed by atoms with van der Waals surface area (Å²) in [6, 6.07) is 4.92. The molecular weight excluding hydrogens is 328 g/mol. The standard InChI is InChI=1S/C17H28N2O4S/c1-14-12-16(4-5-17(14)23-3)24(20,21)18-13-15-6-8-19(9-7-15)10-11-22-2/h4-5,12,15,18H,6-11,13H2,1-3H3. The maximum Gasteiger partial charge on any atom is 0.240 e. The zero-order chi connectivity index (χ0) is 17.6. The quantitative estimate of drug-likeness (QED) is 0.767. The van der Waals surface area contributed by atoms with E-state index in [-0.39, 0.29) is 0 Å². The third kappa shape index (κ3) is 5.17. The molecule has 1 aliphatic heterocycles. The highest BCUT2D eigenvalue weighted by Crippen LogP contribution is 2.22. The Bertz CT molecular complexity index is 625. The molecule has 1 aliphatic rings. The molecule has 7 heteroatoms. The number of aryl methyl sites for hydroxylation is 1. The molecule has 1 saturated heterocycles. The van der Waals surface area contributed by atoms with Gasteiger partial charge in [0.25, 0.3) is 0 Å². The number of sulfonamides is 1. The lowest BCUT2D eigenvalue weighted by Gasteiger charge is -2.31. The van der Waals surface area contributed by atoms with Gasteiger partial charge in [-0.2, -0.15) is 0 Å². The summed E-state index contributed by atoms with van der Waals surface area (Å²) in [7, 11) is -0.186. The molecule has 1 N–H and O–H groups in total. The Balaban J connectivity index is 1.86. The first kappa shape index (κ1) is 19.2. The summed E-state index contributed by atoms with van der Waals surface area (Å²) in [6.07, 6.45) is 2.02. The van der Waals surface area contributed by atoms with Crippen LogP contribution in [0.3, 0.4) is 0 Å². The first-order chi connectivity index (χ1) is 11.5. The van der Waals surface area contributed by atoms with Crippen LogP contribution < -0.4 is 9.46 Å². The van der Waals surface area contributed by atoms with E-state index in [1.807, 2.05) is 6.92 Å². The molecule has 0 spiro atoms. The van der Waals surface area contributed by atoms with Crippen LogP contribution in [0.15, 0.2) is 23.1 Å². The molecule has 0 radical (unpaired) electrons. The fourth-order valence-electron chi connectivity index (χ4n) is 2.96. The molecule has 0 unspecified atom stereocenters. The van der Waals surface area contributed by atoms with Crippen molar-refractivity contribution in [2.24, 2.45) is 5.92 Å². The molecule has 1 aromatic carbocycles. The van der Waals surface area contributed by atoms with Crippen molar-refractivity contribution >= 4 is 10.0 Å². The third-order valence-corrected chi connectivity index (χ3v) is 5.98. The molecule has 1 heterocycles. The zero-order valence-electron chi connectivity index (χ0n) is 14.7. The number of ether oxygens (including phenoxy) is 2. The highest BCUT2D eigenvalue weighted by molar-refractivity contribution is 7.89. The van der Waals surface area contributed by atoms with Gasteiger partial charge in [0.15, 0.2) is 0 Å². The Kier molecular flexibility index (Phi) is 7.03. The molecule has 136 valence electrons. The van der Waals surface area contributed by atoms with Gasteiger partial charge in [-0.1, -0.05) is 0 Å². The van der Waals surface area contributed by atoms with Gasteiger partial charge in [-0.05, 0) is 62.5 Å². The topological polar surface area (TPSA) is 67.9 Å². The van der Waals surface area contributed by atoms with Crippen LogP contribution in [-0.4, -0.2) is 60.3 Å². The molecule has 0 saturated carbocycles. The fraction of sp³-hybridized carbons (Fsp3) is 0.647. The lowest BCUT2D eigenvalue weighted by Crippen LogP contribution is -2.39. The van der Waals surface area contributed by atoms with E-state index in [9.17, 15) is 8.42 Å². The predicted octanol–water partition coefficient (Wildman–Crippen LogP) is 1.64. The minimum Gasteiger partial charge on any atom is -0.496 e. The molecular formula is C17H28N2O4S. The highest BCUT2D eigenvalue weighted by atomic mass is 32.2. The Morgan fingerprint density at radius 3 is 2.54 bits per heavy atom.